The molecule has 2 amide bonds. The summed E-state index contributed by atoms with van der Waals surface area (Å²) in [6.07, 6.45) is 4.04. The molecule has 0 aliphatic carbocycles. The predicted octanol–water partition coefficient (Wildman–Crippen LogP) is 4.03. The Labute approximate surface area is 281 Å². The van der Waals surface area contributed by atoms with Gasteiger partial charge in [-0.3, -0.25) is 14.7 Å². The molecule has 14 heteroatoms. The smallest absolute Gasteiger partial charge is 0.255 e. The number of aromatic nitrogens is 2. The van der Waals surface area contributed by atoms with E-state index in [0.29, 0.717) is 32.2 Å². The Hall–Kier alpha value is -3.39. The van der Waals surface area contributed by atoms with Gasteiger partial charge in [-0.2, -0.15) is 5.10 Å². The van der Waals surface area contributed by atoms with Crippen LogP contribution in [-0.2, 0) is 34.0 Å². The van der Waals surface area contributed by atoms with Gasteiger partial charge in [0, 0.05) is 25.4 Å². The summed E-state index contributed by atoms with van der Waals surface area (Å²) < 4.78 is 55.1. The fraction of sp³-hybridized carbons (Fsp3) is 0.485. The van der Waals surface area contributed by atoms with Crippen LogP contribution in [0.15, 0.2) is 54.9 Å². The Morgan fingerprint density at radius 3 is 2.21 bits per heavy atom. The van der Waals surface area contributed by atoms with E-state index in [-0.39, 0.29) is 36.5 Å². The van der Waals surface area contributed by atoms with Crippen molar-refractivity contribution in [3.63, 3.8) is 0 Å². The van der Waals surface area contributed by atoms with Crippen LogP contribution in [-0.4, -0.2) is 71.3 Å². The van der Waals surface area contributed by atoms with E-state index < -0.39 is 62.5 Å². The lowest BCUT2D eigenvalue weighted by Crippen LogP contribution is -2.57. The van der Waals surface area contributed by atoms with E-state index in [4.69, 9.17) is 0 Å². The molecule has 0 bridgehead atoms. The third kappa shape index (κ3) is 12.6. The van der Waals surface area contributed by atoms with Crippen LogP contribution < -0.4 is 16.0 Å². The standard InChI is InChI=1S/C33H45F2N5O5S.ClH/c1-4-8-28(9-5-2)46(44,45)21-30(40-32(42)25-18-37-38-19-25)33(43)39-29(15-24-13-26(34)16-27(35)14-24)31(41)20-36-17-23-11-7-10-22(6-3)12-23;/h7,10-14,16,18-19,28-31,36,41H,4-6,8-9,15,17,20-21H2,1-3H3,(H,37,38)(H,39,43)(H,40,42);1H/t29-,30-,31+;/m0./s1. The minimum absolute atomic E-state index is 0. The summed E-state index contributed by atoms with van der Waals surface area (Å²) in [6.45, 7) is 6.21. The van der Waals surface area contributed by atoms with Crippen LogP contribution in [0.1, 0.15) is 73.5 Å². The number of rotatable bonds is 19. The van der Waals surface area contributed by atoms with E-state index in [1.807, 2.05) is 45.0 Å². The number of aliphatic hydroxyl groups is 1. The maximum atomic E-state index is 14.1. The molecule has 0 saturated heterocycles. The number of nitrogens with zero attached hydrogens (tertiary/aromatic N) is 1. The van der Waals surface area contributed by atoms with Crippen LogP contribution in [0.3, 0.4) is 0 Å². The average molecular weight is 698 g/mol. The number of carbonyl (C=O) groups excluding carboxylic acids is 2. The van der Waals surface area contributed by atoms with Crippen molar-refractivity contribution in [2.24, 2.45) is 0 Å². The number of hydrogen-bond donors (Lipinski definition) is 5. The molecule has 1 aromatic heterocycles. The van der Waals surface area contributed by atoms with E-state index in [2.05, 4.69) is 26.1 Å². The molecule has 0 saturated carbocycles. The van der Waals surface area contributed by atoms with E-state index in [1.54, 1.807) is 0 Å². The third-order valence-electron chi connectivity index (χ3n) is 7.76. The Kier molecular flexibility index (Phi) is 16.5. The topological polar surface area (TPSA) is 153 Å². The zero-order chi connectivity index (χ0) is 33.7. The number of sulfone groups is 1. The molecule has 3 aromatic rings. The van der Waals surface area contributed by atoms with Crippen molar-refractivity contribution in [1.82, 2.24) is 26.1 Å². The molecule has 0 radical (unpaired) electrons. The molecule has 0 unspecified atom stereocenters. The lowest BCUT2D eigenvalue weighted by atomic mass is 10.00. The highest BCUT2D eigenvalue weighted by Crippen LogP contribution is 2.18. The van der Waals surface area contributed by atoms with Crippen molar-refractivity contribution in [2.75, 3.05) is 12.3 Å². The summed E-state index contributed by atoms with van der Waals surface area (Å²) in [4.78, 5) is 26.7. The highest BCUT2D eigenvalue weighted by molar-refractivity contribution is 7.92. The van der Waals surface area contributed by atoms with Gasteiger partial charge >= 0.3 is 0 Å². The highest BCUT2D eigenvalue weighted by atomic mass is 35.5. The first-order valence-corrected chi connectivity index (χ1v) is 17.4. The average Bonchev–Trinajstić information content (AvgIpc) is 3.55. The van der Waals surface area contributed by atoms with Gasteiger partial charge in [0.1, 0.15) is 17.7 Å². The number of carbonyl (C=O) groups is 2. The number of aliphatic hydroxyl groups excluding tert-OH is 1. The van der Waals surface area contributed by atoms with Gasteiger partial charge in [-0.05, 0) is 54.5 Å². The van der Waals surface area contributed by atoms with Crippen LogP contribution in [0.2, 0.25) is 0 Å². The second-order valence-corrected chi connectivity index (χ2v) is 13.8. The molecule has 3 rings (SSSR count). The van der Waals surface area contributed by atoms with E-state index in [1.165, 1.54) is 12.4 Å². The highest BCUT2D eigenvalue weighted by Gasteiger charge is 2.34. The molecule has 260 valence electrons. The van der Waals surface area contributed by atoms with Crippen LogP contribution >= 0.6 is 12.4 Å². The fourth-order valence-electron chi connectivity index (χ4n) is 5.33. The van der Waals surface area contributed by atoms with Crippen molar-refractivity contribution >= 4 is 34.1 Å². The van der Waals surface area contributed by atoms with Crippen molar-refractivity contribution in [2.45, 2.75) is 89.3 Å². The lowest BCUT2D eigenvalue weighted by Gasteiger charge is -2.28. The Balaban J connectivity index is 0.00000768. The molecule has 3 atom stereocenters. The molecular formula is C33H46ClF2N5O5S. The summed E-state index contributed by atoms with van der Waals surface area (Å²) in [6, 6.07) is 8.21. The molecule has 10 nitrogen and oxygen atoms in total. The second kappa shape index (κ2) is 19.4. The van der Waals surface area contributed by atoms with Gasteiger partial charge in [0.05, 0.1) is 34.9 Å². The monoisotopic (exact) mass is 697 g/mol. The van der Waals surface area contributed by atoms with Crippen molar-refractivity contribution in [1.29, 1.82) is 0 Å². The number of halogens is 3. The number of hydrogen-bond acceptors (Lipinski definition) is 7. The number of aryl methyl sites for hydroxylation is 1. The first-order chi connectivity index (χ1) is 21.9. The van der Waals surface area contributed by atoms with Crippen LogP contribution in [0.4, 0.5) is 8.78 Å². The summed E-state index contributed by atoms with van der Waals surface area (Å²) in [5, 5.41) is 25.1. The van der Waals surface area contributed by atoms with E-state index >= 15 is 0 Å². The Bertz CT molecular complexity index is 1500. The summed E-state index contributed by atoms with van der Waals surface area (Å²) in [7, 11) is -3.86. The number of aromatic amines is 1. The van der Waals surface area contributed by atoms with E-state index in [0.717, 1.165) is 35.7 Å². The SMILES string of the molecule is CCCC(CCC)S(=O)(=O)C[C@H](NC(=O)c1cn[nH]c1)C(=O)N[C@@H](Cc1cc(F)cc(F)c1)[C@H](O)CNCc1cccc(CC)c1.Cl. The summed E-state index contributed by atoms with van der Waals surface area (Å²) >= 11 is 0. The number of H-pyrrole nitrogens is 1. The largest absolute Gasteiger partial charge is 0.390 e. The first-order valence-electron chi connectivity index (χ1n) is 15.7. The van der Waals surface area contributed by atoms with Gasteiger partial charge in [-0.1, -0.05) is 57.9 Å². The molecular weight excluding hydrogens is 652 g/mol. The maximum absolute atomic E-state index is 14.1. The minimum Gasteiger partial charge on any atom is -0.390 e. The van der Waals surface area contributed by atoms with Crippen LogP contribution in [0, 0.1) is 11.6 Å². The zero-order valence-corrected chi connectivity index (χ0v) is 28.6. The quantitative estimate of drug-likeness (QED) is 0.127. The second-order valence-electron chi connectivity index (χ2n) is 11.5. The summed E-state index contributed by atoms with van der Waals surface area (Å²) in [5.74, 6) is -3.89. The van der Waals surface area contributed by atoms with Crippen molar-refractivity contribution in [3.05, 3.63) is 88.7 Å². The first kappa shape index (κ1) is 39.8. The van der Waals surface area contributed by atoms with Crippen molar-refractivity contribution in [3.8, 4) is 0 Å². The fourth-order valence-corrected chi connectivity index (χ4v) is 7.49. The van der Waals surface area contributed by atoms with Crippen LogP contribution in [0.25, 0.3) is 0 Å². The molecule has 1 heterocycles. The summed E-state index contributed by atoms with van der Waals surface area (Å²) in [5.41, 5.74) is 2.41. The van der Waals surface area contributed by atoms with Gasteiger partial charge < -0.3 is 21.1 Å². The molecule has 5 N–H and O–H groups in total. The molecule has 0 spiro atoms. The molecule has 47 heavy (non-hydrogen) atoms. The van der Waals surface area contributed by atoms with Crippen LogP contribution in [0.5, 0.6) is 0 Å². The van der Waals surface area contributed by atoms with Gasteiger partial charge in [0.25, 0.3) is 5.91 Å². The molecule has 0 aliphatic heterocycles. The third-order valence-corrected chi connectivity index (χ3v) is 10.0. The zero-order valence-electron chi connectivity index (χ0n) is 27.0. The number of nitrogens with one attached hydrogen (secondary N) is 4. The predicted molar refractivity (Wildman–Crippen MR) is 180 cm³/mol. The normalized spacial score (nSPS) is 13.4. The van der Waals surface area contributed by atoms with Gasteiger partial charge in [-0.25, -0.2) is 17.2 Å². The van der Waals surface area contributed by atoms with Gasteiger partial charge in [0.2, 0.25) is 5.91 Å². The Morgan fingerprint density at radius 2 is 1.62 bits per heavy atom. The lowest BCUT2D eigenvalue weighted by molar-refractivity contribution is -0.124. The van der Waals surface area contributed by atoms with Gasteiger partial charge in [0.15, 0.2) is 9.84 Å². The Morgan fingerprint density at radius 1 is 0.957 bits per heavy atom. The van der Waals surface area contributed by atoms with E-state index in [9.17, 15) is 31.9 Å². The molecule has 0 aliphatic rings. The van der Waals surface area contributed by atoms with Gasteiger partial charge in [-0.15, -0.1) is 12.4 Å². The minimum atomic E-state index is -3.86. The number of benzene rings is 2. The maximum Gasteiger partial charge on any atom is 0.255 e. The number of amides is 2. The molecule has 2 aromatic carbocycles. The van der Waals surface area contributed by atoms with Crippen molar-refractivity contribution < 1.29 is 31.9 Å². The molecule has 0 fully saturated rings.